The summed E-state index contributed by atoms with van der Waals surface area (Å²) in [6, 6.07) is 13.4. The molecule has 2 rings (SSSR count). The lowest BCUT2D eigenvalue weighted by atomic mass is 10.0. The average Bonchev–Trinajstić information content (AvgIpc) is 2.62. The average molecular weight is 420 g/mol. The van der Waals surface area contributed by atoms with Gasteiger partial charge in [-0.2, -0.15) is 0 Å². The van der Waals surface area contributed by atoms with E-state index in [1.165, 1.54) is 12.0 Å². The molecule has 26 heavy (non-hydrogen) atoms. The Morgan fingerprint density at radius 3 is 2.27 bits per heavy atom. The summed E-state index contributed by atoms with van der Waals surface area (Å²) in [6.07, 6.45) is -0.555. The van der Waals surface area contributed by atoms with Crippen LogP contribution in [0.5, 0.6) is 0 Å². The Morgan fingerprint density at radius 1 is 1.08 bits per heavy atom. The molecule has 6 heteroatoms. The number of ether oxygens (including phenoxy) is 2. The van der Waals surface area contributed by atoms with E-state index in [-0.39, 0.29) is 19.7 Å². The highest BCUT2D eigenvalue weighted by molar-refractivity contribution is 9.10. The van der Waals surface area contributed by atoms with Gasteiger partial charge in [0.05, 0.1) is 13.7 Å². The van der Waals surface area contributed by atoms with Gasteiger partial charge in [0.15, 0.2) is 0 Å². The molecule has 0 aromatic heterocycles. The van der Waals surface area contributed by atoms with Crippen LogP contribution in [0.2, 0.25) is 0 Å². The topological polar surface area (TPSA) is 55.8 Å². The third-order valence-corrected chi connectivity index (χ3v) is 4.48. The number of rotatable bonds is 6. The van der Waals surface area contributed by atoms with Gasteiger partial charge in [0.2, 0.25) is 0 Å². The third-order valence-electron chi connectivity index (χ3n) is 4.02. The SMILES string of the molecule is COC(=O)CN(Cc1c(C)cc(Br)cc1C)C(=O)OCc1ccccc1. The molecule has 0 N–H and O–H groups in total. The quantitative estimate of drug-likeness (QED) is 0.651. The van der Waals surface area contributed by atoms with Gasteiger partial charge in [-0.15, -0.1) is 0 Å². The molecular weight excluding hydrogens is 398 g/mol. The van der Waals surface area contributed by atoms with Crippen molar-refractivity contribution in [1.29, 1.82) is 0 Å². The molecule has 5 nitrogen and oxygen atoms in total. The maximum atomic E-state index is 12.5. The van der Waals surface area contributed by atoms with Crippen LogP contribution in [0.25, 0.3) is 0 Å². The van der Waals surface area contributed by atoms with Gasteiger partial charge in [-0.1, -0.05) is 46.3 Å². The maximum absolute atomic E-state index is 12.5. The smallest absolute Gasteiger partial charge is 0.410 e. The Hall–Kier alpha value is -2.34. The molecule has 0 saturated carbocycles. The van der Waals surface area contributed by atoms with Gasteiger partial charge >= 0.3 is 12.1 Å². The molecule has 0 atom stereocenters. The Bertz CT molecular complexity index is 754. The second-order valence-corrected chi connectivity index (χ2v) is 6.91. The summed E-state index contributed by atoms with van der Waals surface area (Å²) in [5, 5.41) is 0. The van der Waals surface area contributed by atoms with E-state index < -0.39 is 12.1 Å². The molecule has 0 aliphatic carbocycles. The number of carbonyl (C=O) groups excluding carboxylic acids is 2. The number of carbonyl (C=O) groups is 2. The summed E-state index contributed by atoms with van der Waals surface area (Å²) in [6.45, 7) is 4.19. The highest BCUT2D eigenvalue weighted by Crippen LogP contribution is 2.22. The van der Waals surface area contributed by atoms with Crippen molar-refractivity contribution in [2.45, 2.75) is 27.0 Å². The van der Waals surface area contributed by atoms with Gasteiger partial charge in [0.25, 0.3) is 0 Å². The van der Waals surface area contributed by atoms with Crippen LogP contribution in [0.1, 0.15) is 22.3 Å². The Labute approximate surface area is 162 Å². The first-order valence-electron chi connectivity index (χ1n) is 8.18. The normalized spacial score (nSPS) is 10.3. The summed E-state index contributed by atoms with van der Waals surface area (Å²) in [5.41, 5.74) is 3.92. The standard InChI is InChI=1S/C20H22BrNO4/c1-14-9-17(21)10-15(2)18(14)11-22(12-19(23)25-3)20(24)26-13-16-7-5-4-6-8-16/h4-10H,11-13H2,1-3H3. The maximum Gasteiger partial charge on any atom is 0.410 e. The monoisotopic (exact) mass is 419 g/mol. The minimum absolute atomic E-state index is 0.148. The molecule has 0 aliphatic heterocycles. The van der Waals surface area contributed by atoms with Gasteiger partial charge in [-0.3, -0.25) is 9.69 Å². The highest BCUT2D eigenvalue weighted by Gasteiger charge is 2.21. The second-order valence-electron chi connectivity index (χ2n) is 5.99. The number of aryl methyl sites for hydroxylation is 2. The fraction of sp³-hybridized carbons (Fsp3) is 0.300. The van der Waals surface area contributed by atoms with Crippen molar-refractivity contribution in [1.82, 2.24) is 4.90 Å². The number of esters is 1. The van der Waals surface area contributed by atoms with E-state index in [0.29, 0.717) is 0 Å². The fourth-order valence-corrected chi connectivity index (χ4v) is 3.28. The van der Waals surface area contributed by atoms with Crippen LogP contribution in [0.3, 0.4) is 0 Å². The van der Waals surface area contributed by atoms with Gasteiger partial charge in [-0.25, -0.2) is 4.79 Å². The second kappa shape index (κ2) is 9.38. The largest absolute Gasteiger partial charge is 0.468 e. The van der Waals surface area contributed by atoms with E-state index in [9.17, 15) is 9.59 Å². The van der Waals surface area contributed by atoms with Crippen molar-refractivity contribution in [2.24, 2.45) is 0 Å². The zero-order valence-electron chi connectivity index (χ0n) is 15.1. The van der Waals surface area contributed by atoms with Gasteiger partial charge in [0.1, 0.15) is 13.2 Å². The van der Waals surface area contributed by atoms with Crippen LogP contribution < -0.4 is 0 Å². The van der Waals surface area contributed by atoms with Crippen molar-refractivity contribution < 1.29 is 19.1 Å². The van der Waals surface area contributed by atoms with Crippen molar-refractivity contribution in [3.63, 3.8) is 0 Å². The summed E-state index contributed by atoms with van der Waals surface area (Å²) < 4.78 is 11.1. The summed E-state index contributed by atoms with van der Waals surface area (Å²) in [5.74, 6) is -0.492. The van der Waals surface area contributed by atoms with Crippen molar-refractivity contribution in [3.8, 4) is 0 Å². The number of nitrogens with zero attached hydrogens (tertiary/aromatic N) is 1. The number of hydrogen-bond acceptors (Lipinski definition) is 4. The van der Waals surface area contributed by atoms with Crippen LogP contribution in [0, 0.1) is 13.8 Å². The fourth-order valence-electron chi connectivity index (χ4n) is 2.60. The van der Waals surface area contributed by atoms with Gasteiger partial charge in [0, 0.05) is 4.47 Å². The van der Waals surface area contributed by atoms with Crippen molar-refractivity contribution >= 4 is 28.0 Å². The lowest BCUT2D eigenvalue weighted by molar-refractivity contribution is -0.141. The molecule has 0 unspecified atom stereocenters. The molecule has 1 amide bonds. The Balaban J connectivity index is 2.15. The van der Waals surface area contributed by atoms with E-state index >= 15 is 0 Å². The summed E-state index contributed by atoms with van der Waals surface area (Å²) >= 11 is 3.47. The van der Waals surface area contributed by atoms with Crippen molar-refractivity contribution in [2.75, 3.05) is 13.7 Å². The molecule has 0 aliphatic rings. The zero-order chi connectivity index (χ0) is 19.1. The minimum atomic E-state index is -0.555. The highest BCUT2D eigenvalue weighted by atomic mass is 79.9. The first kappa shape index (κ1) is 20.0. The number of methoxy groups -OCH3 is 1. The minimum Gasteiger partial charge on any atom is -0.468 e. The van der Waals surface area contributed by atoms with Crippen LogP contribution >= 0.6 is 15.9 Å². The van der Waals surface area contributed by atoms with E-state index in [4.69, 9.17) is 9.47 Å². The number of benzene rings is 2. The molecule has 2 aromatic carbocycles. The van der Waals surface area contributed by atoms with Crippen molar-refractivity contribution in [3.05, 3.63) is 69.2 Å². The number of hydrogen-bond donors (Lipinski definition) is 0. The van der Waals surface area contributed by atoms with Crippen LogP contribution in [-0.4, -0.2) is 30.6 Å². The predicted octanol–water partition coefficient (Wildman–Crippen LogP) is 4.38. The molecule has 138 valence electrons. The molecule has 0 radical (unpaired) electrons. The first-order chi connectivity index (χ1) is 12.4. The first-order valence-corrected chi connectivity index (χ1v) is 8.98. The molecule has 0 heterocycles. The van der Waals surface area contributed by atoms with Crippen LogP contribution in [0.4, 0.5) is 4.79 Å². The van der Waals surface area contributed by atoms with Crippen LogP contribution in [-0.2, 0) is 27.4 Å². The summed E-state index contributed by atoms with van der Waals surface area (Å²) in [7, 11) is 1.30. The lowest BCUT2D eigenvalue weighted by Crippen LogP contribution is -2.36. The number of amides is 1. The zero-order valence-corrected chi connectivity index (χ0v) is 16.7. The molecule has 0 spiro atoms. The predicted molar refractivity (Wildman–Crippen MR) is 103 cm³/mol. The summed E-state index contributed by atoms with van der Waals surface area (Å²) in [4.78, 5) is 25.6. The molecule has 0 fully saturated rings. The molecular formula is C20H22BrNO4. The van der Waals surface area contributed by atoms with E-state index in [1.54, 1.807) is 0 Å². The van der Waals surface area contributed by atoms with E-state index in [1.807, 2.05) is 56.3 Å². The molecule has 2 aromatic rings. The van der Waals surface area contributed by atoms with Gasteiger partial charge < -0.3 is 9.47 Å². The van der Waals surface area contributed by atoms with Gasteiger partial charge in [-0.05, 0) is 48.2 Å². The lowest BCUT2D eigenvalue weighted by Gasteiger charge is -2.23. The van der Waals surface area contributed by atoms with E-state index in [2.05, 4.69) is 15.9 Å². The Kier molecular flexibility index (Phi) is 7.21. The van der Waals surface area contributed by atoms with Crippen LogP contribution in [0.15, 0.2) is 46.9 Å². The molecule has 0 bridgehead atoms. The molecule has 0 saturated heterocycles. The Morgan fingerprint density at radius 2 is 1.69 bits per heavy atom. The number of halogens is 1. The third kappa shape index (κ3) is 5.59. The van der Waals surface area contributed by atoms with E-state index in [0.717, 1.165) is 26.7 Å².